The van der Waals surface area contributed by atoms with Crippen LogP contribution in [0, 0.1) is 5.41 Å². The highest BCUT2D eigenvalue weighted by Crippen LogP contribution is 2.35. The van der Waals surface area contributed by atoms with Gasteiger partial charge in [-0.15, -0.1) is 0 Å². The summed E-state index contributed by atoms with van der Waals surface area (Å²) < 4.78 is 0. The molecule has 1 spiro atoms. The van der Waals surface area contributed by atoms with Crippen LogP contribution in [0.5, 0.6) is 0 Å². The van der Waals surface area contributed by atoms with E-state index < -0.39 is 0 Å². The Morgan fingerprint density at radius 1 is 0.952 bits per heavy atom. The van der Waals surface area contributed by atoms with E-state index in [9.17, 15) is 4.79 Å². The molecule has 0 radical (unpaired) electrons. The number of likely N-dealkylation sites (tertiary alicyclic amines) is 2. The molecular weight excluding hydrogens is 262 g/mol. The Labute approximate surface area is 129 Å². The first-order valence-electron chi connectivity index (χ1n) is 8.98. The van der Waals surface area contributed by atoms with Crippen molar-refractivity contribution in [1.29, 1.82) is 0 Å². The number of carbonyl (C=O) groups is 1. The third-order valence-corrected chi connectivity index (χ3v) is 5.65. The fourth-order valence-corrected chi connectivity index (χ4v) is 4.33. The summed E-state index contributed by atoms with van der Waals surface area (Å²) in [4.78, 5) is 17.2. The van der Waals surface area contributed by atoms with E-state index >= 15 is 0 Å². The summed E-state index contributed by atoms with van der Waals surface area (Å²) in [6, 6.07) is 0. The van der Waals surface area contributed by atoms with Gasteiger partial charge in [-0.05, 0) is 51.7 Å². The lowest BCUT2D eigenvalue weighted by Crippen LogP contribution is -2.50. The number of nitrogens with zero attached hydrogens (tertiary/aromatic N) is 2. The van der Waals surface area contributed by atoms with Crippen molar-refractivity contribution < 1.29 is 4.79 Å². The molecule has 0 saturated carbocycles. The highest BCUT2D eigenvalue weighted by atomic mass is 16.2. The van der Waals surface area contributed by atoms with E-state index in [-0.39, 0.29) is 0 Å². The van der Waals surface area contributed by atoms with Crippen LogP contribution in [-0.2, 0) is 4.79 Å². The second-order valence-corrected chi connectivity index (χ2v) is 7.39. The van der Waals surface area contributed by atoms with Gasteiger partial charge in [0.1, 0.15) is 0 Å². The molecule has 120 valence electrons. The van der Waals surface area contributed by atoms with E-state index in [1.54, 1.807) is 0 Å². The number of amides is 1. The predicted octanol–water partition coefficient (Wildman–Crippen LogP) is 1.85. The molecule has 1 amide bonds. The Kier molecular flexibility index (Phi) is 5.17. The van der Waals surface area contributed by atoms with E-state index in [0.29, 0.717) is 17.9 Å². The van der Waals surface area contributed by atoms with E-state index in [1.165, 1.54) is 51.4 Å². The van der Waals surface area contributed by atoms with Crippen molar-refractivity contribution in [1.82, 2.24) is 15.1 Å². The van der Waals surface area contributed by atoms with Gasteiger partial charge in [0.25, 0.3) is 0 Å². The van der Waals surface area contributed by atoms with Gasteiger partial charge in [0, 0.05) is 25.0 Å². The van der Waals surface area contributed by atoms with Crippen LogP contribution < -0.4 is 5.32 Å². The van der Waals surface area contributed by atoms with Gasteiger partial charge in [-0.1, -0.05) is 19.3 Å². The molecule has 21 heavy (non-hydrogen) atoms. The molecular formula is C17H31N3O. The molecule has 3 saturated heterocycles. The molecule has 3 fully saturated rings. The van der Waals surface area contributed by atoms with Gasteiger partial charge >= 0.3 is 0 Å². The molecule has 3 heterocycles. The van der Waals surface area contributed by atoms with E-state index in [1.807, 2.05) is 0 Å². The monoisotopic (exact) mass is 293 g/mol. The number of nitrogens with one attached hydrogen (secondary N) is 1. The number of piperidine rings is 1. The quantitative estimate of drug-likeness (QED) is 0.844. The zero-order valence-electron chi connectivity index (χ0n) is 13.4. The van der Waals surface area contributed by atoms with Gasteiger partial charge in [0.2, 0.25) is 5.91 Å². The van der Waals surface area contributed by atoms with Crippen LogP contribution in [0.1, 0.15) is 51.4 Å². The van der Waals surface area contributed by atoms with E-state index in [4.69, 9.17) is 0 Å². The molecule has 0 aromatic carbocycles. The summed E-state index contributed by atoms with van der Waals surface area (Å²) in [6.07, 6.45) is 10.3. The third-order valence-electron chi connectivity index (χ3n) is 5.65. The zero-order chi connectivity index (χ0) is 14.5. The molecule has 3 rings (SSSR count). The first-order valence-corrected chi connectivity index (χ1v) is 8.98. The molecule has 0 bridgehead atoms. The van der Waals surface area contributed by atoms with E-state index in [2.05, 4.69) is 15.1 Å². The minimum absolute atomic E-state index is 0.376. The Balaban J connectivity index is 1.51. The van der Waals surface area contributed by atoms with Crippen molar-refractivity contribution in [3.63, 3.8) is 0 Å². The Hall–Kier alpha value is -0.610. The summed E-state index contributed by atoms with van der Waals surface area (Å²) in [6.45, 7) is 7.11. The highest BCUT2D eigenvalue weighted by molar-refractivity contribution is 5.78. The van der Waals surface area contributed by atoms with Crippen molar-refractivity contribution in [2.75, 3.05) is 45.8 Å². The molecule has 4 heteroatoms. The molecule has 0 aliphatic carbocycles. The molecule has 4 nitrogen and oxygen atoms in total. The average molecular weight is 293 g/mol. The van der Waals surface area contributed by atoms with Crippen LogP contribution in [0.2, 0.25) is 0 Å². The van der Waals surface area contributed by atoms with Gasteiger partial charge in [0.05, 0.1) is 6.54 Å². The van der Waals surface area contributed by atoms with Gasteiger partial charge in [0.15, 0.2) is 0 Å². The minimum atomic E-state index is 0.376. The Bertz CT molecular complexity index is 344. The summed E-state index contributed by atoms with van der Waals surface area (Å²) >= 11 is 0. The van der Waals surface area contributed by atoms with Crippen molar-refractivity contribution in [3.8, 4) is 0 Å². The summed E-state index contributed by atoms with van der Waals surface area (Å²) in [7, 11) is 0. The van der Waals surface area contributed by atoms with Gasteiger partial charge in [-0.25, -0.2) is 0 Å². The molecule has 0 unspecified atom stereocenters. The van der Waals surface area contributed by atoms with E-state index in [0.717, 1.165) is 39.3 Å². The minimum Gasteiger partial charge on any atom is -0.341 e. The second-order valence-electron chi connectivity index (χ2n) is 7.39. The normalized spacial score (nSPS) is 32.1. The third kappa shape index (κ3) is 3.98. The van der Waals surface area contributed by atoms with Gasteiger partial charge in [-0.2, -0.15) is 0 Å². The predicted molar refractivity (Wildman–Crippen MR) is 85.3 cm³/mol. The molecule has 3 aliphatic rings. The molecule has 0 aromatic rings. The lowest BCUT2D eigenvalue weighted by molar-refractivity contribution is -0.135. The first-order chi connectivity index (χ1) is 10.3. The highest BCUT2D eigenvalue weighted by Gasteiger charge is 2.39. The lowest BCUT2D eigenvalue weighted by atomic mass is 9.79. The topological polar surface area (TPSA) is 35.6 Å². The average Bonchev–Trinajstić information content (AvgIpc) is 2.89. The summed E-state index contributed by atoms with van der Waals surface area (Å²) in [5, 5.41) is 3.49. The van der Waals surface area contributed by atoms with Crippen LogP contribution in [0.4, 0.5) is 0 Å². The molecule has 1 atom stereocenters. The summed E-state index contributed by atoms with van der Waals surface area (Å²) in [5.41, 5.74) is 0.393. The SMILES string of the molecule is O=C(CN1CCCCCCC1)N1CCC[C@]2(CCNC2)C1. The smallest absolute Gasteiger partial charge is 0.236 e. The lowest BCUT2D eigenvalue weighted by Gasteiger charge is -2.40. The fourth-order valence-electron chi connectivity index (χ4n) is 4.33. The van der Waals surface area contributed by atoms with Crippen LogP contribution in [-0.4, -0.2) is 61.5 Å². The van der Waals surface area contributed by atoms with Crippen LogP contribution >= 0.6 is 0 Å². The van der Waals surface area contributed by atoms with Crippen molar-refractivity contribution in [3.05, 3.63) is 0 Å². The first kappa shape index (κ1) is 15.3. The van der Waals surface area contributed by atoms with Crippen molar-refractivity contribution in [2.24, 2.45) is 5.41 Å². The zero-order valence-corrected chi connectivity index (χ0v) is 13.4. The standard InChI is InChI=1S/C17H31N3O/c21-16(13-19-10-4-2-1-3-5-11-19)20-12-6-7-17(15-20)8-9-18-14-17/h18H,1-15H2/t17-/m1/s1. The number of rotatable bonds is 2. The maximum absolute atomic E-state index is 12.7. The Morgan fingerprint density at radius 3 is 2.43 bits per heavy atom. The number of hydrogen-bond acceptors (Lipinski definition) is 3. The van der Waals surface area contributed by atoms with Gasteiger partial charge in [-0.3, -0.25) is 9.69 Å². The molecule has 3 aliphatic heterocycles. The largest absolute Gasteiger partial charge is 0.341 e. The van der Waals surface area contributed by atoms with Crippen LogP contribution in [0.15, 0.2) is 0 Å². The maximum Gasteiger partial charge on any atom is 0.236 e. The van der Waals surface area contributed by atoms with Crippen LogP contribution in [0.3, 0.4) is 0 Å². The van der Waals surface area contributed by atoms with Crippen molar-refractivity contribution in [2.45, 2.75) is 51.4 Å². The molecule has 0 aromatic heterocycles. The number of hydrogen-bond donors (Lipinski definition) is 1. The molecule has 1 N–H and O–H groups in total. The maximum atomic E-state index is 12.7. The van der Waals surface area contributed by atoms with Crippen molar-refractivity contribution >= 4 is 5.91 Å². The van der Waals surface area contributed by atoms with Gasteiger partial charge < -0.3 is 10.2 Å². The van der Waals surface area contributed by atoms with Crippen LogP contribution in [0.25, 0.3) is 0 Å². The Morgan fingerprint density at radius 2 is 1.71 bits per heavy atom. The summed E-state index contributed by atoms with van der Waals surface area (Å²) in [5.74, 6) is 0.376. The number of carbonyl (C=O) groups excluding carboxylic acids is 1. The fraction of sp³-hybridized carbons (Fsp3) is 0.941. The second kappa shape index (κ2) is 7.10.